The van der Waals surface area contributed by atoms with Crippen LogP contribution in [0.4, 0.5) is 0 Å². The molecule has 0 aliphatic heterocycles. The second-order valence-corrected chi connectivity index (χ2v) is 1.64. The molecule has 5 heteroatoms. The molecule has 0 spiro atoms. The van der Waals surface area contributed by atoms with Crippen molar-refractivity contribution in [2.75, 3.05) is 27.9 Å². The third-order valence-electron chi connectivity index (χ3n) is 1.12. The fraction of sp³-hybridized carbons (Fsp3) is 1.00. The standard InChI is InChI=1S/C5H11BO4/c1-7-4-5(8-2,9-3)10-6/h4H2,1-3H3. The first-order valence-corrected chi connectivity index (χ1v) is 2.72. The molecule has 58 valence electrons. The molecule has 0 aliphatic carbocycles. The van der Waals surface area contributed by atoms with E-state index in [-0.39, 0.29) is 6.61 Å². The van der Waals surface area contributed by atoms with Crippen LogP contribution in [-0.2, 0) is 18.9 Å². The van der Waals surface area contributed by atoms with E-state index in [0.717, 1.165) is 0 Å². The SMILES string of the molecule is [B]OC(COC)(OC)OC. The molecule has 0 bridgehead atoms. The summed E-state index contributed by atoms with van der Waals surface area (Å²) >= 11 is 0. The molecule has 0 unspecified atom stereocenters. The highest BCUT2D eigenvalue weighted by molar-refractivity contribution is 5.98. The molecule has 0 aromatic carbocycles. The lowest BCUT2D eigenvalue weighted by Crippen LogP contribution is -2.41. The zero-order valence-corrected chi connectivity index (χ0v) is 6.42. The van der Waals surface area contributed by atoms with Crippen LogP contribution in [0.25, 0.3) is 0 Å². The maximum atomic E-state index is 4.88. The largest absolute Gasteiger partial charge is 0.399 e. The van der Waals surface area contributed by atoms with E-state index in [1.165, 1.54) is 21.3 Å². The molecule has 0 atom stereocenters. The Kier molecular flexibility index (Phi) is 4.63. The van der Waals surface area contributed by atoms with Gasteiger partial charge in [-0.1, -0.05) is 0 Å². The van der Waals surface area contributed by atoms with Crippen LogP contribution < -0.4 is 0 Å². The predicted octanol–water partition coefficient (Wildman–Crippen LogP) is -0.321. The maximum Gasteiger partial charge on any atom is 0.292 e. The van der Waals surface area contributed by atoms with Crippen LogP contribution in [-0.4, -0.2) is 42.0 Å². The van der Waals surface area contributed by atoms with Crippen molar-refractivity contribution in [1.82, 2.24) is 0 Å². The maximum absolute atomic E-state index is 4.88. The first-order valence-electron chi connectivity index (χ1n) is 2.72. The van der Waals surface area contributed by atoms with Gasteiger partial charge in [0.05, 0.1) is 0 Å². The lowest BCUT2D eigenvalue weighted by atomic mass is 10.5. The van der Waals surface area contributed by atoms with Crippen LogP contribution in [0.2, 0.25) is 0 Å². The molecule has 0 saturated heterocycles. The van der Waals surface area contributed by atoms with Gasteiger partial charge in [-0.05, 0) is 0 Å². The van der Waals surface area contributed by atoms with Crippen molar-refractivity contribution < 1.29 is 18.9 Å². The van der Waals surface area contributed by atoms with Gasteiger partial charge < -0.3 is 18.9 Å². The lowest BCUT2D eigenvalue weighted by Gasteiger charge is -2.28. The van der Waals surface area contributed by atoms with Crippen molar-refractivity contribution in [1.29, 1.82) is 0 Å². The van der Waals surface area contributed by atoms with Gasteiger partial charge in [0.25, 0.3) is 14.0 Å². The summed E-state index contributed by atoms with van der Waals surface area (Å²) in [5.41, 5.74) is 0. The van der Waals surface area contributed by atoms with Crippen molar-refractivity contribution in [2.24, 2.45) is 0 Å². The quantitative estimate of drug-likeness (QED) is 0.393. The highest BCUT2D eigenvalue weighted by atomic mass is 16.9. The summed E-state index contributed by atoms with van der Waals surface area (Å²) in [5, 5.41) is 0. The van der Waals surface area contributed by atoms with E-state index in [2.05, 4.69) is 4.65 Å². The molecule has 2 radical (unpaired) electrons. The predicted molar refractivity (Wildman–Crippen MR) is 35.5 cm³/mol. The second kappa shape index (κ2) is 4.68. The van der Waals surface area contributed by atoms with E-state index in [1.807, 2.05) is 0 Å². The zero-order valence-electron chi connectivity index (χ0n) is 6.42. The van der Waals surface area contributed by atoms with Crippen LogP contribution in [0.5, 0.6) is 0 Å². The molecular formula is C5H11BO4. The van der Waals surface area contributed by atoms with Crippen molar-refractivity contribution >= 4 is 8.05 Å². The van der Waals surface area contributed by atoms with E-state index < -0.39 is 5.97 Å². The average Bonchev–Trinajstić information content (AvgIpc) is 2.01. The van der Waals surface area contributed by atoms with Gasteiger partial charge >= 0.3 is 0 Å². The van der Waals surface area contributed by atoms with Gasteiger partial charge in [-0.3, -0.25) is 0 Å². The molecule has 0 aromatic heterocycles. The summed E-state index contributed by atoms with van der Waals surface area (Å²) in [6.07, 6.45) is 0. The highest BCUT2D eigenvalue weighted by Gasteiger charge is 2.28. The molecule has 0 amide bonds. The van der Waals surface area contributed by atoms with Gasteiger partial charge in [-0.2, -0.15) is 0 Å². The first kappa shape index (κ1) is 9.90. The molecular weight excluding hydrogens is 135 g/mol. The van der Waals surface area contributed by atoms with Crippen molar-refractivity contribution in [3.05, 3.63) is 0 Å². The third kappa shape index (κ3) is 2.26. The van der Waals surface area contributed by atoms with Gasteiger partial charge in [-0.25, -0.2) is 0 Å². The van der Waals surface area contributed by atoms with Crippen LogP contribution in [0.3, 0.4) is 0 Å². The van der Waals surface area contributed by atoms with Crippen molar-refractivity contribution in [3.63, 3.8) is 0 Å². The molecule has 0 saturated carbocycles. The Bertz CT molecular complexity index is 75.5. The Balaban J connectivity index is 3.87. The molecule has 0 rings (SSSR count). The van der Waals surface area contributed by atoms with E-state index >= 15 is 0 Å². The summed E-state index contributed by atoms with van der Waals surface area (Å²) in [4.78, 5) is 0. The van der Waals surface area contributed by atoms with Gasteiger partial charge in [-0.15, -0.1) is 0 Å². The molecule has 0 aliphatic rings. The van der Waals surface area contributed by atoms with Crippen LogP contribution in [0.15, 0.2) is 0 Å². The molecule has 0 aromatic rings. The summed E-state index contributed by atoms with van der Waals surface area (Å²) in [5.74, 6) is -1.27. The monoisotopic (exact) mass is 146 g/mol. The summed E-state index contributed by atoms with van der Waals surface area (Å²) in [6.45, 7) is 0.122. The van der Waals surface area contributed by atoms with Crippen LogP contribution in [0, 0.1) is 0 Å². The van der Waals surface area contributed by atoms with Gasteiger partial charge in [0.2, 0.25) is 0 Å². The Morgan fingerprint density at radius 3 is 1.80 bits per heavy atom. The Morgan fingerprint density at radius 2 is 1.70 bits per heavy atom. The van der Waals surface area contributed by atoms with Crippen molar-refractivity contribution in [2.45, 2.75) is 5.97 Å². The minimum atomic E-state index is -1.27. The van der Waals surface area contributed by atoms with Crippen molar-refractivity contribution in [3.8, 4) is 0 Å². The molecule has 0 N–H and O–H groups in total. The Labute approximate surface area is 61.8 Å². The lowest BCUT2D eigenvalue weighted by molar-refractivity contribution is -0.337. The van der Waals surface area contributed by atoms with E-state index in [9.17, 15) is 0 Å². The van der Waals surface area contributed by atoms with Crippen LogP contribution in [0.1, 0.15) is 0 Å². The molecule has 0 fully saturated rings. The number of methoxy groups -OCH3 is 3. The van der Waals surface area contributed by atoms with E-state index in [4.69, 9.17) is 22.3 Å². The normalized spacial score (nSPS) is 11.9. The van der Waals surface area contributed by atoms with E-state index in [1.54, 1.807) is 0 Å². The minimum absolute atomic E-state index is 0.122. The van der Waals surface area contributed by atoms with E-state index in [0.29, 0.717) is 0 Å². The Hall–Kier alpha value is -0.0951. The number of rotatable bonds is 5. The van der Waals surface area contributed by atoms with Gasteiger partial charge in [0, 0.05) is 21.3 Å². The summed E-state index contributed by atoms with van der Waals surface area (Å²) < 4.78 is 18.7. The smallest absolute Gasteiger partial charge is 0.292 e. The number of hydrogen-bond acceptors (Lipinski definition) is 4. The third-order valence-corrected chi connectivity index (χ3v) is 1.12. The second-order valence-electron chi connectivity index (χ2n) is 1.64. The zero-order chi connectivity index (χ0) is 8.04. The number of hydrogen-bond donors (Lipinski definition) is 0. The molecule has 0 heterocycles. The summed E-state index contributed by atoms with van der Waals surface area (Å²) in [6, 6.07) is 0. The van der Waals surface area contributed by atoms with Crippen LogP contribution >= 0.6 is 0 Å². The Morgan fingerprint density at radius 1 is 1.20 bits per heavy atom. The number of ether oxygens (including phenoxy) is 3. The average molecular weight is 146 g/mol. The minimum Gasteiger partial charge on any atom is -0.399 e. The molecule has 4 nitrogen and oxygen atoms in total. The highest BCUT2D eigenvalue weighted by Crippen LogP contribution is 2.10. The first-order chi connectivity index (χ1) is 4.74. The molecule has 10 heavy (non-hydrogen) atoms. The van der Waals surface area contributed by atoms with Gasteiger partial charge in [0.1, 0.15) is 6.61 Å². The fourth-order valence-corrected chi connectivity index (χ4v) is 0.508. The van der Waals surface area contributed by atoms with Gasteiger partial charge in [0.15, 0.2) is 0 Å². The summed E-state index contributed by atoms with van der Waals surface area (Å²) in [7, 11) is 9.20. The fourth-order valence-electron chi connectivity index (χ4n) is 0.508. The topological polar surface area (TPSA) is 36.9 Å².